The van der Waals surface area contributed by atoms with Crippen molar-refractivity contribution in [2.75, 3.05) is 32.8 Å². The second kappa shape index (κ2) is 8.79. The molecule has 0 saturated carbocycles. The summed E-state index contributed by atoms with van der Waals surface area (Å²) < 4.78 is 10.7. The molecule has 0 radical (unpaired) electrons. The van der Waals surface area contributed by atoms with Gasteiger partial charge in [-0.05, 0) is 32.0 Å². The maximum absolute atomic E-state index is 12.3. The number of aromatic amines is 1. The first kappa shape index (κ1) is 20.9. The summed E-state index contributed by atoms with van der Waals surface area (Å²) in [6.45, 7) is 7.33. The van der Waals surface area contributed by atoms with Gasteiger partial charge < -0.3 is 19.4 Å². The van der Waals surface area contributed by atoms with Crippen molar-refractivity contribution in [2.24, 2.45) is 0 Å². The van der Waals surface area contributed by atoms with Crippen molar-refractivity contribution in [3.8, 4) is 11.8 Å². The van der Waals surface area contributed by atoms with Crippen LogP contribution in [0.15, 0.2) is 28.9 Å². The maximum Gasteiger partial charge on any atom is 0.325 e. The number of fused-ring (bicyclic) bond motifs is 1. The van der Waals surface area contributed by atoms with Crippen LogP contribution in [0.4, 0.5) is 0 Å². The van der Waals surface area contributed by atoms with E-state index in [0.29, 0.717) is 24.4 Å². The average Bonchev–Trinajstić information content (AvgIpc) is 3.31. The van der Waals surface area contributed by atoms with Crippen LogP contribution in [0.5, 0.6) is 5.75 Å². The highest BCUT2D eigenvalue weighted by Gasteiger charge is 2.32. The van der Waals surface area contributed by atoms with Crippen molar-refractivity contribution < 1.29 is 19.2 Å². The zero-order chi connectivity index (χ0) is 22.0. The molecule has 31 heavy (non-hydrogen) atoms. The van der Waals surface area contributed by atoms with E-state index in [2.05, 4.69) is 15.0 Å². The largest absolute Gasteiger partial charge is 0.480 e. The van der Waals surface area contributed by atoms with Gasteiger partial charge >= 0.3 is 5.97 Å². The molecule has 162 valence electrons. The van der Waals surface area contributed by atoms with Crippen molar-refractivity contribution in [1.82, 2.24) is 19.9 Å². The number of aryl methyl sites for hydroxylation is 2. The SMILES string of the molecule is Cc1noc(C)c1CN1CCN([C@@H](C(=O)O)c2c[nH]c3ccc(OCC#N)cc23)CC1. The third-order valence-electron chi connectivity index (χ3n) is 5.85. The number of nitrogens with one attached hydrogen (secondary N) is 1. The Balaban J connectivity index is 1.51. The minimum absolute atomic E-state index is 0.0548. The van der Waals surface area contributed by atoms with Gasteiger partial charge in [-0.1, -0.05) is 5.16 Å². The highest BCUT2D eigenvalue weighted by molar-refractivity contribution is 5.90. The predicted molar refractivity (Wildman–Crippen MR) is 113 cm³/mol. The van der Waals surface area contributed by atoms with Crippen LogP contribution in [0, 0.1) is 25.2 Å². The predicted octanol–water partition coefficient (Wildman–Crippen LogP) is 2.62. The number of hydrogen-bond donors (Lipinski definition) is 2. The molecule has 1 aliphatic heterocycles. The molecule has 2 aromatic heterocycles. The Morgan fingerprint density at radius 1 is 1.35 bits per heavy atom. The number of rotatable bonds is 7. The van der Waals surface area contributed by atoms with Crippen LogP contribution in [0.3, 0.4) is 0 Å². The smallest absolute Gasteiger partial charge is 0.325 e. The monoisotopic (exact) mass is 423 g/mol. The number of carboxylic acids is 1. The average molecular weight is 423 g/mol. The molecule has 0 aliphatic carbocycles. The Hall–Kier alpha value is -3.35. The number of nitrogens with zero attached hydrogens (tertiary/aromatic N) is 4. The molecule has 9 nitrogen and oxygen atoms in total. The lowest BCUT2D eigenvalue weighted by atomic mass is 10.0. The number of carboxylic acid groups (broad SMARTS) is 1. The van der Waals surface area contributed by atoms with E-state index >= 15 is 0 Å². The number of hydrogen-bond acceptors (Lipinski definition) is 7. The molecule has 1 fully saturated rings. The molecule has 4 rings (SSSR count). The standard InChI is InChI=1S/C22H25N5O4/c1-14-19(15(2)31-25-14)13-26-6-8-27(9-7-26)21(22(28)29)18-12-24-20-4-3-16(11-17(18)20)30-10-5-23/h3-4,11-12,21,24H,6-10,13H2,1-2H3,(H,28,29)/t21-/m1/s1. The first-order valence-electron chi connectivity index (χ1n) is 10.2. The summed E-state index contributed by atoms with van der Waals surface area (Å²) in [5.41, 5.74) is 3.54. The van der Waals surface area contributed by atoms with Crippen molar-refractivity contribution in [3.63, 3.8) is 0 Å². The minimum Gasteiger partial charge on any atom is -0.480 e. The Bertz CT molecular complexity index is 1100. The highest BCUT2D eigenvalue weighted by atomic mass is 16.5. The van der Waals surface area contributed by atoms with Gasteiger partial charge in [0.25, 0.3) is 0 Å². The minimum atomic E-state index is -0.886. The summed E-state index contributed by atoms with van der Waals surface area (Å²) in [5.74, 6) is 0.489. The van der Waals surface area contributed by atoms with E-state index in [1.54, 1.807) is 18.3 Å². The summed E-state index contributed by atoms with van der Waals surface area (Å²) in [6, 6.07) is 6.58. The molecule has 1 aliphatic rings. The fourth-order valence-corrected chi connectivity index (χ4v) is 4.17. The number of H-pyrrole nitrogens is 1. The van der Waals surface area contributed by atoms with Crippen molar-refractivity contribution in [2.45, 2.75) is 26.4 Å². The second-order valence-electron chi connectivity index (χ2n) is 7.75. The number of aliphatic carboxylic acids is 1. The normalized spacial score (nSPS) is 16.3. The van der Waals surface area contributed by atoms with Crippen LogP contribution in [0.1, 0.15) is 28.6 Å². The molecule has 2 N–H and O–H groups in total. The molecule has 3 aromatic rings. The fraction of sp³-hybridized carbons (Fsp3) is 0.409. The van der Waals surface area contributed by atoms with Crippen LogP contribution in [-0.2, 0) is 11.3 Å². The zero-order valence-electron chi connectivity index (χ0n) is 17.6. The van der Waals surface area contributed by atoms with E-state index in [0.717, 1.165) is 47.6 Å². The molecular formula is C22H25N5O4. The number of ether oxygens (including phenoxy) is 1. The first-order chi connectivity index (χ1) is 15.0. The van der Waals surface area contributed by atoms with Gasteiger partial charge in [-0.15, -0.1) is 0 Å². The fourth-order valence-electron chi connectivity index (χ4n) is 4.17. The van der Waals surface area contributed by atoms with Gasteiger partial charge in [-0.2, -0.15) is 5.26 Å². The maximum atomic E-state index is 12.3. The Labute approximate surface area is 179 Å². The van der Waals surface area contributed by atoms with E-state index < -0.39 is 12.0 Å². The Morgan fingerprint density at radius 3 is 2.77 bits per heavy atom. The van der Waals surface area contributed by atoms with E-state index in [4.69, 9.17) is 14.5 Å². The second-order valence-corrected chi connectivity index (χ2v) is 7.75. The summed E-state index contributed by atoms with van der Waals surface area (Å²) in [5, 5.41) is 23.6. The van der Waals surface area contributed by atoms with Gasteiger partial charge in [0.05, 0.1) is 5.69 Å². The summed E-state index contributed by atoms with van der Waals surface area (Å²) in [7, 11) is 0. The van der Waals surface area contributed by atoms with E-state index in [1.165, 1.54) is 0 Å². The number of nitriles is 1. The molecule has 1 aromatic carbocycles. The van der Waals surface area contributed by atoms with E-state index in [1.807, 2.05) is 30.9 Å². The zero-order valence-corrected chi connectivity index (χ0v) is 17.6. The highest BCUT2D eigenvalue weighted by Crippen LogP contribution is 2.32. The molecule has 1 saturated heterocycles. The third kappa shape index (κ3) is 4.26. The molecule has 0 amide bonds. The van der Waals surface area contributed by atoms with E-state index in [9.17, 15) is 9.90 Å². The molecule has 3 heterocycles. The van der Waals surface area contributed by atoms with E-state index in [-0.39, 0.29) is 6.61 Å². The lowest BCUT2D eigenvalue weighted by molar-refractivity contribution is -0.144. The molecular weight excluding hydrogens is 398 g/mol. The third-order valence-corrected chi connectivity index (χ3v) is 5.85. The van der Waals surface area contributed by atoms with Crippen LogP contribution in [-0.4, -0.2) is 63.8 Å². The summed E-state index contributed by atoms with van der Waals surface area (Å²) in [6.07, 6.45) is 1.76. The van der Waals surface area contributed by atoms with Gasteiger partial charge in [0.15, 0.2) is 6.61 Å². The molecule has 0 spiro atoms. The quantitative estimate of drug-likeness (QED) is 0.595. The van der Waals surface area contributed by atoms with Gasteiger partial charge in [0.2, 0.25) is 0 Å². The Morgan fingerprint density at radius 2 is 2.13 bits per heavy atom. The number of piperazine rings is 1. The van der Waals surface area contributed by atoms with Gasteiger partial charge in [0.1, 0.15) is 23.6 Å². The number of carbonyl (C=O) groups is 1. The van der Waals surface area contributed by atoms with Crippen LogP contribution in [0.25, 0.3) is 10.9 Å². The molecule has 9 heteroatoms. The number of aromatic nitrogens is 2. The molecule has 0 bridgehead atoms. The topological polar surface area (TPSA) is 119 Å². The number of benzene rings is 1. The van der Waals surface area contributed by atoms with Gasteiger partial charge in [-0.3, -0.25) is 14.6 Å². The van der Waals surface area contributed by atoms with Crippen LogP contribution in [0.2, 0.25) is 0 Å². The van der Waals surface area contributed by atoms with Crippen LogP contribution < -0.4 is 4.74 Å². The van der Waals surface area contributed by atoms with Crippen LogP contribution >= 0.6 is 0 Å². The molecule has 0 unspecified atom stereocenters. The molecule has 1 atom stereocenters. The lowest BCUT2D eigenvalue weighted by Gasteiger charge is -2.37. The van der Waals surface area contributed by atoms with Crippen molar-refractivity contribution in [1.29, 1.82) is 5.26 Å². The van der Waals surface area contributed by atoms with Gasteiger partial charge in [0, 0.05) is 61.0 Å². The van der Waals surface area contributed by atoms with Crippen molar-refractivity contribution in [3.05, 3.63) is 47.0 Å². The summed E-state index contributed by atoms with van der Waals surface area (Å²) >= 11 is 0. The Kier molecular flexibility index (Phi) is 5.93. The summed E-state index contributed by atoms with van der Waals surface area (Å²) in [4.78, 5) is 19.7. The van der Waals surface area contributed by atoms with Crippen molar-refractivity contribution >= 4 is 16.9 Å². The lowest BCUT2D eigenvalue weighted by Crippen LogP contribution is -2.48. The van der Waals surface area contributed by atoms with Gasteiger partial charge in [-0.25, -0.2) is 0 Å². The first-order valence-corrected chi connectivity index (χ1v) is 10.2.